The maximum Gasteiger partial charge on any atom is 0.141 e. The van der Waals surface area contributed by atoms with E-state index in [0.29, 0.717) is 5.15 Å². The van der Waals surface area contributed by atoms with Crippen LogP contribution in [-0.4, -0.2) is 9.97 Å². The zero-order valence-corrected chi connectivity index (χ0v) is 14.1. The summed E-state index contributed by atoms with van der Waals surface area (Å²) < 4.78 is 0. The fraction of sp³-hybridized carbons (Fsp3) is 0.294. The first-order valence-electron chi connectivity index (χ1n) is 6.90. The van der Waals surface area contributed by atoms with Crippen LogP contribution in [0, 0.1) is 13.8 Å². The molecule has 0 N–H and O–H groups in total. The van der Waals surface area contributed by atoms with Gasteiger partial charge in [-0.25, -0.2) is 9.97 Å². The molecule has 0 spiro atoms. The van der Waals surface area contributed by atoms with Crippen LogP contribution in [0.5, 0.6) is 0 Å². The standard InChI is InChI=1S/C17H17ClN2S/c1-10-11(2)21-15-13(10)14(18)19-16(20-15)17(3,4)12-8-6-5-7-9-12/h5-9H,1-4H3. The molecule has 4 heteroatoms. The Bertz CT molecular complexity index is 807. The van der Waals surface area contributed by atoms with Gasteiger partial charge < -0.3 is 0 Å². The molecule has 0 amide bonds. The average molecular weight is 317 g/mol. The van der Waals surface area contributed by atoms with E-state index in [4.69, 9.17) is 16.6 Å². The van der Waals surface area contributed by atoms with E-state index in [1.165, 1.54) is 16.0 Å². The summed E-state index contributed by atoms with van der Waals surface area (Å²) in [6, 6.07) is 10.3. The number of hydrogen-bond acceptors (Lipinski definition) is 3. The molecule has 21 heavy (non-hydrogen) atoms. The lowest BCUT2D eigenvalue weighted by atomic mass is 9.84. The maximum absolute atomic E-state index is 6.43. The molecule has 3 aromatic rings. The van der Waals surface area contributed by atoms with Crippen LogP contribution in [-0.2, 0) is 5.41 Å². The monoisotopic (exact) mass is 316 g/mol. The molecule has 0 aliphatic carbocycles. The molecule has 0 fully saturated rings. The summed E-state index contributed by atoms with van der Waals surface area (Å²) >= 11 is 8.11. The summed E-state index contributed by atoms with van der Waals surface area (Å²) in [4.78, 5) is 11.6. The Morgan fingerprint density at radius 2 is 1.71 bits per heavy atom. The first kappa shape index (κ1) is 14.5. The predicted octanol–water partition coefficient (Wildman–Crippen LogP) is 5.29. The summed E-state index contributed by atoms with van der Waals surface area (Å²) in [5, 5.41) is 1.55. The Labute approximate surface area is 133 Å². The number of benzene rings is 1. The highest BCUT2D eigenvalue weighted by atomic mass is 35.5. The minimum Gasteiger partial charge on any atom is -0.221 e. The lowest BCUT2D eigenvalue weighted by Gasteiger charge is -2.23. The van der Waals surface area contributed by atoms with Gasteiger partial charge in [0.05, 0.1) is 5.39 Å². The molecular weight excluding hydrogens is 300 g/mol. The number of aryl methyl sites for hydroxylation is 2. The van der Waals surface area contributed by atoms with Gasteiger partial charge in [-0.15, -0.1) is 11.3 Å². The van der Waals surface area contributed by atoms with E-state index in [2.05, 4.69) is 44.8 Å². The van der Waals surface area contributed by atoms with Crippen LogP contribution in [0.4, 0.5) is 0 Å². The molecule has 0 radical (unpaired) electrons. The smallest absolute Gasteiger partial charge is 0.141 e. The van der Waals surface area contributed by atoms with Gasteiger partial charge in [0, 0.05) is 10.3 Å². The zero-order chi connectivity index (χ0) is 15.2. The molecular formula is C17H17ClN2S. The van der Waals surface area contributed by atoms with Crippen molar-refractivity contribution in [1.82, 2.24) is 9.97 Å². The van der Waals surface area contributed by atoms with Crippen molar-refractivity contribution in [2.24, 2.45) is 0 Å². The Morgan fingerprint density at radius 3 is 2.38 bits per heavy atom. The Kier molecular flexibility index (Phi) is 3.50. The van der Waals surface area contributed by atoms with E-state index >= 15 is 0 Å². The van der Waals surface area contributed by atoms with E-state index in [1.54, 1.807) is 11.3 Å². The Hall–Kier alpha value is -1.45. The maximum atomic E-state index is 6.43. The van der Waals surface area contributed by atoms with Crippen molar-refractivity contribution in [3.05, 3.63) is 57.3 Å². The van der Waals surface area contributed by atoms with E-state index in [9.17, 15) is 0 Å². The second-order valence-electron chi connectivity index (χ2n) is 5.79. The summed E-state index contributed by atoms with van der Waals surface area (Å²) in [7, 11) is 0. The molecule has 0 aliphatic rings. The van der Waals surface area contributed by atoms with Crippen molar-refractivity contribution >= 4 is 33.2 Å². The van der Waals surface area contributed by atoms with Crippen molar-refractivity contribution in [2.45, 2.75) is 33.1 Å². The van der Waals surface area contributed by atoms with Gasteiger partial charge >= 0.3 is 0 Å². The van der Waals surface area contributed by atoms with Crippen molar-refractivity contribution in [3.63, 3.8) is 0 Å². The fourth-order valence-electron chi connectivity index (χ4n) is 2.46. The van der Waals surface area contributed by atoms with Gasteiger partial charge in [0.25, 0.3) is 0 Å². The van der Waals surface area contributed by atoms with E-state index in [1.807, 2.05) is 18.2 Å². The third-order valence-corrected chi connectivity index (χ3v) is 5.41. The molecule has 0 atom stereocenters. The lowest BCUT2D eigenvalue weighted by Crippen LogP contribution is -2.22. The number of aromatic nitrogens is 2. The molecule has 3 rings (SSSR count). The zero-order valence-electron chi connectivity index (χ0n) is 12.6. The van der Waals surface area contributed by atoms with Gasteiger partial charge in [0.2, 0.25) is 0 Å². The van der Waals surface area contributed by atoms with Crippen LogP contribution >= 0.6 is 22.9 Å². The number of halogens is 1. The van der Waals surface area contributed by atoms with Crippen LogP contribution in [0.3, 0.4) is 0 Å². The first-order chi connectivity index (χ1) is 9.91. The second kappa shape index (κ2) is 5.08. The van der Waals surface area contributed by atoms with E-state index < -0.39 is 0 Å². The van der Waals surface area contributed by atoms with Crippen LogP contribution in [0.15, 0.2) is 30.3 Å². The van der Waals surface area contributed by atoms with Gasteiger partial charge in [-0.05, 0) is 38.8 Å². The number of fused-ring (bicyclic) bond motifs is 1. The van der Waals surface area contributed by atoms with Crippen molar-refractivity contribution in [2.75, 3.05) is 0 Å². The fourth-order valence-corrected chi connectivity index (χ4v) is 3.86. The molecule has 0 saturated heterocycles. The summed E-state index contributed by atoms with van der Waals surface area (Å²) in [6.07, 6.45) is 0. The van der Waals surface area contributed by atoms with Gasteiger partial charge in [-0.1, -0.05) is 41.9 Å². The molecule has 2 nitrogen and oxygen atoms in total. The summed E-state index contributed by atoms with van der Waals surface area (Å²) in [5.41, 5.74) is 2.10. The predicted molar refractivity (Wildman–Crippen MR) is 90.5 cm³/mol. The molecule has 2 heterocycles. The van der Waals surface area contributed by atoms with Gasteiger partial charge in [-0.3, -0.25) is 0 Å². The highest BCUT2D eigenvalue weighted by Crippen LogP contribution is 2.36. The number of rotatable bonds is 2. The minimum atomic E-state index is -0.273. The van der Waals surface area contributed by atoms with E-state index in [0.717, 1.165) is 16.0 Å². The SMILES string of the molecule is Cc1sc2nc(C(C)(C)c3ccccc3)nc(Cl)c2c1C. The highest BCUT2D eigenvalue weighted by Gasteiger charge is 2.28. The quantitative estimate of drug-likeness (QED) is 0.600. The molecule has 0 saturated carbocycles. The Balaban J connectivity index is 2.22. The van der Waals surface area contributed by atoms with Gasteiger partial charge in [0.1, 0.15) is 15.8 Å². The summed E-state index contributed by atoms with van der Waals surface area (Å²) in [6.45, 7) is 8.44. The highest BCUT2D eigenvalue weighted by molar-refractivity contribution is 7.18. The number of hydrogen-bond donors (Lipinski definition) is 0. The van der Waals surface area contributed by atoms with Gasteiger partial charge in [0.15, 0.2) is 0 Å². The largest absolute Gasteiger partial charge is 0.221 e. The van der Waals surface area contributed by atoms with Gasteiger partial charge in [-0.2, -0.15) is 0 Å². The van der Waals surface area contributed by atoms with Crippen LogP contribution < -0.4 is 0 Å². The topological polar surface area (TPSA) is 25.8 Å². The lowest BCUT2D eigenvalue weighted by molar-refractivity contribution is 0.594. The molecule has 1 aromatic carbocycles. The second-order valence-corrected chi connectivity index (χ2v) is 7.35. The molecule has 0 unspecified atom stereocenters. The molecule has 108 valence electrons. The van der Waals surface area contributed by atoms with Crippen molar-refractivity contribution < 1.29 is 0 Å². The molecule has 0 aliphatic heterocycles. The third-order valence-electron chi connectivity index (χ3n) is 4.04. The minimum absolute atomic E-state index is 0.273. The summed E-state index contributed by atoms with van der Waals surface area (Å²) in [5.74, 6) is 0.771. The molecule has 2 aromatic heterocycles. The third kappa shape index (κ3) is 2.34. The number of thiophene rings is 1. The Morgan fingerprint density at radius 1 is 1.05 bits per heavy atom. The van der Waals surface area contributed by atoms with Crippen molar-refractivity contribution in [1.29, 1.82) is 0 Å². The average Bonchev–Trinajstić information content (AvgIpc) is 2.75. The van der Waals surface area contributed by atoms with E-state index in [-0.39, 0.29) is 5.41 Å². The van der Waals surface area contributed by atoms with Crippen LogP contribution in [0.25, 0.3) is 10.2 Å². The normalized spacial score (nSPS) is 12.0. The molecule has 0 bridgehead atoms. The number of nitrogens with zero attached hydrogens (tertiary/aromatic N) is 2. The van der Waals surface area contributed by atoms with Crippen LogP contribution in [0.1, 0.15) is 35.7 Å². The first-order valence-corrected chi connectivity index (χ1v) is 8.10. The van der Waals surface area contributed by atoms with Crippen LogP contribution in [0.2, 0.25) is 5.15 Å². The van der Waals surface area contributed by atoms with Crippen molar-refractivity contribution in [3.8, 4) is 0 Å².